The lowest BCUT2D eigenvalue weighted by Crippen LogP contribution is -2.20. The molecule has 6 nitrogen and oxygen atoms in total. The second-order valence-corrected chi connectivity index (χ2v) is 4.56. The van der Waals surface area contributed by atoms with E-state index in [4.69, 9.17) is 19.5 Å². The highest BCUT2D eigenvalue weighted by atomic mass is 16.6. The predicted octanol–water partition coefficient (Wildman–Crippen LogP) is 2.10. The van der Waals surface area contributed by atoms with E-state index in [-0.39, 0.29) is 11.7 Å². The summed E-state index contributed by atoms with van der Waals surface area (Å²) in [5.41, 5.74) is 0.432. The summed E-state index contributed by atoms with van der Waals surface area (Å²) >= 11 is 0. The fraction of sp³-hybridized carbons (Fsp3) is 0.312. The van der Waals surface area contributed by atoms with Gasteiger partial charge in [-0.05, 0) is 37.6 Å². The van der Waals surface area contributed by atoms with Gasteiger partial charge in [0, 0.05) is 0 Å². The lowest BCUT2D eigenvalue weighted by atomic mass is 10.1. The van der Waals surface area contributed by atoms with Crippen LogP contribution in [0.25, 0.3) is 6.08 Å². The zero-order chi connectivity index (χ0) is 16.5. The molecule has 22 heavy (non-hydrogen) atoms. The first kappa shape index (κ1) is 17.2. The summed E-state index contributed by atoms with van der Waals surface area (Å²) in [5, 5.41) is 9.01. The van der Waals surface area contributed by atoms with Crippen LogP contribution in [0, 0.1) is 11.3 Å². The Kier molecular flexibility index (Phi) is 6.64. The molecule has 0 N–H and O–H groups in total. The van der Waals surface area contributed by atoms with Gasteiger partial charge in [-0.1, -0.05) is 12.1 Å². The van der Waals surface area contributed by atoms with Gasteiger partial charge in [-0.2, -0.15) is 5.26 Å². The molecular formula is C16H17NO5. The fourth-order valence-corrected chi connectivity index (χ4v) is 1.50. The van der Waals surface area contributed by atoms with Crippen molar-refractivity contribution in [3.8, 4) is 11.8 Å². The van der Waals surface area contributed by atoms with Crippen molar-refractivity contribution in [2.24, 2.45) is 0 Å². The molecule has 1 aromatic carbocycles. The fourth-order valence-electron chi connectivity index (χ4n) is 1.50. The SMILES string of the molecule is COc1ccc(/C=C(\C#N)C(=O)OCC(=O)OC(C)C)cc1. The molecule has 0 bridgehead atoms. The Hall–Kier alpha value is -2.81. The average molecular weight is 303 g/mol. The maximum Gasteiger partial charge on any atom is 0.349 e. The van der Waals surface area contributed by atoms with Crippen LogP contribution in [-0.2, 0) is 19.1 Å². The third kappa shape index (κ3) is 5.67. The molecule has 116 valence electrons. The molecule has 0 atom stereocenters. The van der Waals surface area contributed by atoms with E-state index in [2.05, 4.69) is 0 Å². The first-order chi connectivity index (χ1) is 10.5. The quantitative estimate of drug-likeness (QED) is 0.454. The van der Waals surface area contributed by atoms with E-state index in [0.29, 0.717) is 11.3 Å². The Morgan fingerprint density at radius 2 is 1.91 bits per heavy atom. The number of ether oxygens (including phenoxy) is 3. The number of hydrogen-bond acceptors (Lipinski definition) is 6. The summed E-state index contributed by atoms with van der Waals surface area (Å²) in [6.45, 7) is 2.84. The Morgan fingerprint density at radius 3 is 2.41 bits per heavy atom. The maximum atomic E-state index is 11.7. The van der Waals surface area contributed by atoms with E-state index < -0.39 is 18.5 Å². The summed E-state index contributed by atoms with van der Waals surface area (Å²) in [6.07, 6.45) is 1.08. The minimum atomic E-state index is -0.876. The van der Waals surface area contributed by atoms with Gasteiger partial charge in [0.1, 0.15) is 17.4 Å². The normalized spacial score (nSPS) is 10.8. The van der Waals surface area contributed by atoms with Crippen molar-refractivity contribution >= 4 is 18.0 Å². The van der Waals surface area contributed by atoms with Gasteiger partial charge in [0.05, 0.1) is 13.2 Å². The number of methoxy groups -OCH3 is 1. The molecule has 0 amide bonds. The molecule has 0 aliphatic heterocycles. The third-order valence-electron chi connectivity index (χ3n) is 2.46. The number of esters is 2. The number of carbonyl (C=O) groups excluding carboxylic acids is 2. The highest BCUT2D eigenvalue weighted by Gasteiger charge is 2.14. The van der Waals surface area contributed by atoms with Crippen LogP contribution in [0.3, 0.4) is 0 Å². The lowest BCUT2D eigenvalue weighted by molar-refractivity contribution is -0.159. The van der Waals surface area contributed by atoms with E-state index >= 15 is 0 Å². The summed E-state index contributed by atoms with van der Waals surface area (Å²) in [7, 11) is 1.54. The zero-order valence-corrected chi connectivity index (χ0v) is 12.7. The molecule has 0 spiro atoms. The van der Waals surface area contributed by atoms with E-state index in [1.807, 2.05) is 0 Å². The minimum Gasteiger partial charge on any atom is -0.497 e. The third-order valence-corrected chi connectivity index (χ3v) is 2.46. The monoisotopic (exact) mass is 303 g/mol. The van der Waals surface area contributed by atoms with Gasteiger partial charge in [-0.25, -0.2) is 9.59 Å². The lowest BCUT2D eigenvalue weighted by Gasteiger charge is -2.08. The van der Waals surface area contributed by atoms with Crippen LogP contribution in [0.2, 0.25) is 0 Å². The van der Waals surface area contributed by atoms with Crippen LogP contribution in [0.1, 0.15) is 19.4 Å². The summed E-state index contributed by atoms with van der Waals surface area (Å²) in [4.78, 5) is 23.0. The second-order valence-electron chi connectivity index (χ2n) is 4.56. The van der Waals surface area contributed by atoms with Gasteiger partial charge in [-0.3, -0.25) is 0 Å². The summed E-state index contributed by atoms with van der Waals surface area (Å²) < 4.78 is 14.6. The van der Waals surface area contributed by atoms with Gasteiger partial charge < -0.3 is 14.2 Å². The molecule has 0 radical (unpaired) electrons. The van der Waals surface area contributed by atoms with Crippen molar-refractivity contribution in [1.29, 1.82) is 5.26 Å². The summed E-state index contributed by atoms with van der Waals surface area (Å²) in [6, 6.07) is 8.53. The van der Waals surface area contributed by atoms with Crippen molar-refractivity contribution in [3.63, 3.8) is 0 Å². The van der Waals surface area contributed by atoms with Gasteiger partial charge in [0.25, 0.3) is 0 Å². The number of hydrogen-bond donors (Lipinski definition) is 0. The number of carbonyl (C=O) groups is 2. The van der Waals surface area contributed by atoms with Crippen molar-refractivity contribution in [2.75, 3.05) is 13.7 Å². The Labute approximate surface area is 128 Å². The summed E-state index contributed by atoms with van der Waals surface area (Å²) in [5.74, 6) is -0.876. The van der Waals surface area contributed by atoms with Gasteiger partial charge in [0.15, 0.2) is 6.61 Å². The molecule has 0 aromatic heterocycles. The van der Waals surface area contributed by atoms with Gasteiger partial charge in [0.2, 0.25) is 0 Å². The first-order valence-corrected chi connectivity index (χ1v) is 6.58. The highest BCUT2D eigenvalue weighted by molar-refractivity contribution is 5.98. The zero-order valence-electron chi connectivity index (χ0n) is 12.7. The molecule has 1 aromatic rings. The Balaban J connectivity index is 2.69. The minimum absolute atomic E-state index is 0.206. The number of nitriles is 1. The Morgan fingerprint density at radius 1 is 1.27 bits per heavy atom. The standard InChI is InChI=1S/C16H17NO5/c1-11(2)22-15(18)10-21-16(19)13(9-17)8-12-4-6-14(20-3)7-5-12/h4-8,11H,10H2,1-3H3/b13-8+. The number of benzene rings is 1. The predicted molar refractivity (Wildman–Crippen MR) is 78.8 cm³/mol. The van der Waals surface area contributed by atoms with Crippen LogP contribution >= 0.6 is 0 Å². The van der Waals surface area contributed by atoms with Crippen molar-refractivity contribution < 1.29 is 23.8 Å². The molecule has 0 heterocycles. The van der Waals surface area contributed by atoms with E-state index in [1.165, 1.54) is 6.08 Å². The van der Waals surface area contributed by atoms with Gasteiger partial charge >= 0.3 is 11.9 Å². The molecule has 0 fully saturated rings. The molecule has 0 saturated heterocycles. The molecule has 0 unspecified atom stereocenters. The molecule has 0 aliphatic carbocycles. The average Bonchev–Trinajstić information content (AvgIpc) is 2.50. The van der Waals surface area contributed by atoms with Crippen molar-refractivity contribution in [2.45, 2.75) is 20.0 Å². The van der Waals surface area contributed by atoms with Crippen LogP contribution in [0.4, 0.5) is 0 Å². The molecular weight excluding hydrogens is 286 g/mol. The maximum absolute atomic E-state index is 11.7. The van der Waals surface area contributed by atoms with Crippen molar-refractivity contribution in [3.05, 3.63) is 35.4 Å². The largest absolute Gasteiger partial charge is 0.497 e. The van der Waals surface area contributed by atoms with Crippen LogP contribution in [0.15, 0.2) is 29.8 Å². The van der Waals surface area contributed by atoms with Crippen molar-refractivity contribution in [1.82, 2.24) is 0 Å². The molecule has 1 rings (SSSR count). The van der Waals surface area contributed by atoms with Crippen LogP contribution < -0.4 is 4.74 Å². The van der Waals surface area contributed by atoms with E-state index in [9.17, 15) is 9.59 Å². The van der Waals surface area contributed by atoms with E-state index in [1.54, 1.807) is 51.3 Å². The number of rotatable bonds is 6. The Bertz CT molecular complexity index is 596. The molecule has 6 heteroatoms. The van der Waals surface area contributed by atoms with Gasteiger partial charge in [-0.15, -0.1) is 0 Å². The van der Waals surface area contributed by atoms with Crippen LogP contribution in [-0.4, -0.2) is 31.8 Å². The first-order valence-electron chi connectivity index (χ1n) is 6.58. The second kappa shape index (κ2) is 8.47. The van der Waals surface area contributed by atoms with E-state index in [0.717, 1.165) is 0 Å². The molecule has 0 aliphatic rings. The number of nitrogens with zero attached hydrogens (tertiary/aromatic N) is 1. The van der Waals surface area contributed by atoms with Crippen LogP contribution in [0.5, 0.6) is 5.75 Å². The molecule has 0 saturated carbocycles. The highest BCUT2D eigenvalue weighted by Crippen LogP contribution is 2.14. The topological polar surface area (TPSA) is 85.6 Å². The smallest absolute Gasteiger partial charge is 0.349 e.